The predicted molar refractivity (Wildman–Crippen MR) is 134 cm³/mol. The number of rotatable bonds is 7. The summed E-state index contributed by atoms with van der Waals surface area (Å²) in [6, 6.07) is 8.50. The van der Waals surface area contributed by atoms with Gasteiger partial charge in [-0.15, -0.1) is 0 Å². The van der Waals surface area contributed by atoms with Crippen LogP contribution < -0.4 is 4.90 Å². The number of benzene rings is 3. The first-order valence-electron chi connectivity index (χ1n) is 11.5. The van der Waals surface area contributed by atoms with Crippen molar-refractivity contribution in [1.82, 2.24) is 0 Å². The summed E-state index contributed by atoms with van der Waals surface area (Å²) in [5.41, 5.74) is -12.3. The molecule has 0 aromatic heterocycles. The maximum Gasteiger partial charge on any atom is 0.435 e. The van der Waals surface area contributed by atoms with Crippen molar-refractivity contribution in [2.45, 2.75) is 30.6 Å². The van der Waals surface area contributed by atoms with Crippen molar-refractivity contribution in [3.63, 3.8) is 0 Å². The molecule has 3 aromatic carbocycles. The molecule has 0 spiro atoms. The molecule has 0 aliphatic carbocycles. The number of nitrogens with zero attached hydrogens (tertiary/aromatic N) is 2. The SMILES string of the molecule is CN(C(=O)c1ccc([N+](=O)[O-])cc1)c1cccc(C(=O)Cc2c(Br)cc(C(F)(C(F)(F)F)C(F)(F)F)cc2C(F)(F)F)c1. The standard InChI is InChI=1S/C26H15BrF10N2O4/c1-38(22(41)13-5-7-16(8-6-13)39(42)43)17-4-2-3-14(9-17)21(40)12-18-19(24(29,30)31)10-15(11-20(18)27)23(28,25(32,33)34)26(35,36)37/h2-11H,12H2,1H3. The normalized spacial score (nSPS) is 12.7. The summed E-state index contributed by atoms with van der Waals surface area (Å²) < 4.78 is 134. The van der Waals surface area contributed by atoms with Crippen molar-refractivity contribution in [3.8, 4) is 0 Å². The molecule has 0 aliphatic heterocycles. The molecular weight excluding hydrogens is 674 g/mol. The molecule has 0 heterocycles. The summed E-state index contributed by atoms with van der Waals surface area (Å²) in [6.07, 6.45) is -20.2. The topological polar surface area (TPSA) is 80.5 Å². The lowest BCUT2D eigenvalue weighted by atomic mass is 9.89. The number of nitro groups is 1. The molecule has 3 rings (SSSR count). The number of carbonyl (C=O) groups excluding carboxylic acids is 2. The number of ketones is 1. The highest BCUT2D eigenvalue weighted by Gasteiger charge is 2.73. The minimum atomic E-state index is -6.68. The van der Waals surface area contributed by atoms with Gasteiger partial charge in [-0.1, -0.05) is 28.1 Å². The zero-order valence-electron chi connectivity index (χ0n) is 21.2. The van der Waals surface area contributed by atoms with Gasteiger partial charge < -0.3 is 4.90 Å². The van der Waals surface area contributed by atoms with E-state index >= 15 is 0 Å². The second-order valence-corrected chi connectivity index (χ2v) is 9.81. The number of nitro benzene ring substituents is 1. The van der Waals surface area contributed by atoms with Gasteiger partial charge in [-0.2, -0.15) is 39.5 Å². The van der Waals surface area contributed by atoms with Crippen LogP contribution in [0.25, 0.3) is 0 Å². The van der Waals surface area contributed by atoms with Crippen LogP contribution in [-0.2, 0) is 18.3 Å². The van der Waals surface area contributed by atoms with Gasteiger partial charge in [0.05, 0.1) is 10.5 Å². The van der Waals surface area contributed by atoms with E-state index in [2.05, 4.69) is 15.9 Å². The maximum absolute atomic E-state index is 14.5. The zero-order valence-corrected chi connectivity index (χ0v) is 22.8. The molecule has 3 aromatic rings. The maximum atomic E-state index is 14.5. The van der Waals surface area contributed by atoms with Gasteiger partial charge in [-0.25, -0.2) is 4.39 Å². The molecule has 1 amide bonds. The van der Waals surface area contributed by atoms with Crippen LogP contribution >= 0.6 is 15.9 Å². The summed E-state index contributed by atoms with van der Waals surface area (Å²) >= 11 is 2.47. The Kier molecular flexibility index (Phi) is 9.01. The molecule has 0 N–H and O–H groups in total. The lowest BCUT2D eigenvalue weighted by Gasteiger charge is -2.31. The van der Waals surface area contributed by atoms with Crippen LogP contribution in [0, 0.1) is 10.1 Å². The van der Waals surface area contributed by atoms with Crippen molar-refractivity contribution >= 4 is 39.0 Å². The Hall–Kier alpha value is -4.02. The van der Waals surface area contributed by atoms with Crippen molar-refractivity contribution in [2.75, 3.05) is 11.9 Å². The van der Waals surface area contributed by atoms with Crippen LogP contribution in [0.2, 0.25) is 0 Å². The fraction of sp³-hybridized carbons (Fsp3) is 0.231. The molecule has 0 saturated carbocycles. The van der Waals surface area contributed by atoms with Crippen molar-refractivity contribution in [2.24, 2.45) is 0 Å². The number of Topliss-reactive ketones (excluding diaryl/α,β-unsaturated/α-hetero) is 1. The third-order valence-electron chi connectivity index (χ3n) is 6.20. The van der Waals surface area contributed by atoms with E-state index in [0.717, 1.165) is 41.3 Å². The Balaban J connectivity index is 2.00. The van der Waals surface area contributed by atoms with Gasteiger partial charge in [0.15, 0.2) is 5.78 Å². The second kappa shape index (κ2) is 11.6. The Morgan fingerprint density at radius 3 is 1.88 bits per heavy atom. The van der Waals surface area contributed by atoms with Gasteiger partial charge >= 0.3 is 24.2 Å². The Labute approximate surface area is 243 Å². The molecule has 43 heavy (non-hydrogen) atoms. The quantitative estimate of drug-likeness (QED) is 0.108. The molecule has 0 unspecified atom stereocenters. The highest BCUT2D eigenvalue weighted by Crippen LogP contribution is 2.54. The number of hydrogen-bond acceptors (Lipinski definition) is 4. The average Bonchev–Trinajstić information content (AvgIpc) is 2.90. The highest BCUT2D eigenvalue weighted by atomic mass is 79.9. The van der Waals surface area contributed by atoms with E-state index in [1.165, 1.54) is 19.2 Å². The number of halogens is 11. The van der Waals surface area contributed by atoms with E-state index < -0.39 is 74.5 Å². The van der Waals surface area contributed by atoms with Crippen LogP contribution in [0.5, 0.6) is 0 Å². The van der Waals surface area contributed by atoms with Gasteiger partial charge in [0, 0.05) is 52.5 Å². The highest BCUT2D eigenvalue weighted by molar-refractivity contribution is 9.10. The molecule has 0 radical (unpaired) electrons. The molecule has 0 bridgehead atoms. The summed E-state index contributed by atoms with van der Waals surface area (Å²) in [4.78, 5) is 36.9. The van der Waals surface area contributed by atoms with E-state index in [1.807, 2.05) is 0 Å². The predicted octanol–water partition coefficient (Wildman–Crippen LogP) is 8.37. The number of alkyl halides is 10. The largest absolute Gasteiger partial charge is 0.435 e. The lowest BCUT2D eigenvalue weighted by Crippen LogP contribution is -2.50. The minimum Gasteiger partial charge on any atom is -0.311 e. The fourth-order valence-electron chi connectivity index (χ4n) is 3.94. The van der Waals surface area contributed by atoms with Gasteiger partial charge in [0.1, 0.15) is 0 Å². The third-order valence-corrected chi connectivity index (χ3v) is 6.91. The number of anilines is 1. The Bertz CT molecular complexity index is 1550. The number of hydrogen-bond donors (Lipinski definition) is 0. The number of carbonyl (C=O) groups is 2. The van der Waals surface area contributed by atoms with E-state index in [-0.39, 0.29) is 28.6 Å². The van der Waals surface area contributed by atoms with E-state index in [9.17, 15) is 63.6 Å². The first-order chi connectivity index (χ1) is 19.6. The summed E-state index contributed by atoms with van der Waals surface area (Å²) in [7, 11) is 1.26. The molecular formula is C26H15BrF10N2O4. The van der Waals surface area contributed by atoms with Crippen molar-refractivity contribution in [1.29, 1.82) is 0 Å². The van der Waals surface area contributed by atoms with Gasteiger partial charge in [-0.3, -0.25) is 19.7 Å². The molecule has 0 saturated heterocycles. The lowest BCUT2D eigenvalue weighted by molar-refractivity contribution is -0.384. The van der Waals surface area contributed by atoms with Crippen molar-refractivity contribution in [3.05, 3.63) is 103 Å². The van der Waals surface area contributed by atoms with Crippen LogP contribution in [0.15, 0.2) is 65.1 Å². The van der Waals surface area contributed by atoms with Gasteiger partial charge in [-0.05, 0) is 42.0 Å². The summed E-state index contributed by atoms with van der Waals surface area (Å²) in [5.74, 6) is -1.78. The van der Waals surface area contributed by atoms with E-state index in [0.29, 0.717) is 0 Å². The van der Waals surface area contributed by atoms with E-state index in [4.69, 9.17) is 0 Å². The number of amides is 1. The zero-order chi connectivity index (χ0) is 32.7. The fourth-order valence-corrected chi connectivity index (χ4v) is 4.54. The Morgan fingerprint density at radius 1 is 0.837 bits per heavy atom. The molecule has 230 valence electrons. The summed E-state index contributed by atoms with van der Waals surface area (Å²) in [6.45, 7) is 0. The molecule has 0 aliphatic rings. The monoisotopic (exact) mass is 688 g/mol. The molecule has 17 heteroatoms. The van der Waals surface area contributed by atoms with Gasteiger partial charge in [0.2, 0.25) is 0 Å². The van der Waals surface area contributed by atoms with Crippen molar-refractivity contribution < 1.29 is 58.4 Å². The second-order valence-electron chi connectivity index (χ2n) is 8.95. The van der Waals surface area contributed by atoms with Crippen LogP contribution in [0.4, 0.5) is 55.3 Å². The third kappa shape index (κ3) is 6.65. The molecule has 0 atom stereocenters. The number of non-ortho nitro benzene ring substituents is 1. The van der Waals surface area contributed by atoms with E-state index in [1.54, 1.807) is 0 Å². The van der Waals surface area contributed by atoms with Crippen LogP contribution in [0.3, 0.4) is 0 Å². The summed E-state index contributed by atoms with van der Waals surface area (Å²) in [5, 5.41) is 10.8. The minimum absolute atomic E-state index is 0.00493. The van der Waals surface area contributed by atoms with Crippen LogP contribution in [-0.4, -0.2) is 36.0 Å². The molecule has 0 fully saturated rings. The van der Waals surface area contributed by atoms with Gasteiger partial charge in [0.25, 0.3) is 11.6 Å². The molecule has 6 nitrogen and oxygen atoms in total. The van der Waals surface area contributed by atoms with Crippen LogP contribution in [0.1, 0.15) is 37.4 Å². The average molecular weight is 689 g/mol. The first kappa shape index (κ1) is 33.5. The smallest absolute Gasteiger partial charge is 0.311 e. The Morgan fingerprint density at radius 2 is 1.40 bits per heavy atom. The first-order valence-corrected chi connectivity index (χ1v) is 12.3.